The van der Waals surface area contributed by atoms with Crippen LogP contribution in [0.5, 0.6) is 0 Å². The van der Waals surface area contributed by atoms with Gasteiger partial charge >= 0.3 is 0 Å². The summed E-state index contributed by atoms with van der Waals surface area (Å²) in [6.45, 7) is 2.65. The molecule has 2 heterocycles. The predicted molar refractivity (Wildman–Crippen MR) is 115 cm³/mol. The largest absolute Gasteiger partial charge is 0.311 e. The van der Waals surface area contributed by atoms with E-state index in [1.807, 2.05) is 61.5 Å². The fourth-order valence-corrected chi connectivity index (χ4v) is 3.69. The average Bonchev–Trinajstić information content (AvgIpc) is 3.20. The van der Waals surface area contributed by atoms with E-state index in [4.69, 9.17) is 0 Å². The number of hydrogen-bond donors (Lipinski definition) is 0. The van der Waals surface area contributed by atoms with E-state index in [0.717, 1.165) is 28.0 Å². The van der Waals surface area contributed by atoms with Gasteiger partial charge in [0, 0.05) is 30.5 Å². The molecule has 0 aliphatic carbocycles. The van der Waals surface area contributed by atoms with Gasteiger partial charge in [0.25, 0.3) is 11.5 Å². The lowest BCUT2D eigenvalue weighted by Gasteiger charge is -2.21. The van der Waals surface area contributed by atoms with Gasteiger partial charge in [0.15, 0.2) is 0 Å². The van der Waals surface area contributed by atoms with E-state index in [-0.39, 0.29) is 24.1 Å². The molecule has 152 valence electrons. The SMILES string of the molecule is CCN(C(=O)Cn1nc(C(=O)N2CCc3ccccc32)ccc1=O)c1ccccc1. The second-order valence-electron chi connectivity index (χ2n) is 7.02. The van der Waals surface area contributed by atoms with Crippen molar-refractivity contribution in [3.63, 3.8) is 0 Å². The molecule has 1 aliphatic heterocycles. The van der Waals surface area contributed by atoms with Gasteiger partial charge in [-0.1, -0.05) is 36.4 Å². The first-order chi connectivity index (χ1) is 14.6. The van der Waals surface area contributed by atoms with Crippen molar-refractivity contribution in [1.82, 2.24) is 9.78 Å². The van der Waals surface area contributed by atoms with Crippen molar-refractivity contribution in [1.29, 1.82) is 0 Å². The lowest BCUT2D eigenvalue weighted by molar-refractivity contribution is -0.119. The molecule has 30 heavy (non-hydrogen) atoms. The van der Waals surface area contributed by atoms with Gasteiger partial charge in [0.1, 0.15) is 12.2 Å². The Balaban J connectivity index is 1.57. The molecule has 1 aliphatic rings. The summed E-state index contributed by atoms with van der Waals surface area (Å²) >= 11 is 0. The summed E-state index contributed by atoms with van der Waals surface area (Å²) in [5, 5.41) is 4.21. The van der Waals surface area contributed by atoms with E-state index in [0.29, 0.717) is 13.1 Å². The lowest BCUT2D eigenvalue weighted by Crippen LogP contribution is -2.38. The number of nitrogens with zero attached hydrogens (tertiary/aromatic N) is 4. The van der Waals surface area contributed by atoms with Gasteiger partial charge in [-0.2, -0.15) is 5.10 Å². The third kappa shape index (κ3) is 3.74. The Morgan fingerprint density at radius 2 is 1.73 bits per heavy atom. The fraction of sp³-hybridized carbons (Fsp3) is 0.217. The molecule has 0 bridgehead atoms. The zero-order chi connectivity index (χ0) is 21.1. The van der Waals surface area contributed by atoms with Gasteiger partial charge in [-0.05, 0) is 43.2 Å². The second kappa shape index (κ2) is 8.32. The van der Waals surface area contributed by atoms with Crippen molar-refractivity contribution in [3.05, 3.63) is 88.3 Å². The number of carbonyl (C=O) groups is 2. The first-order valence-corrected chi connectivity index (χ1v) is 9.92. The molecule has 2 aromatic carbocycles. The minimum atomic E-state index is -0.425. The van der Waals surface area contributed by atoms with Gasteiger partial charge in [-0.15, -0.1) is 0 Å². The van der Waals surface area contributed by atoms with E-state index < -0.39 is 5.56 Å². The number of anilines is 2. The van der Waals surface area contributed by atoms with Crippen LogP contribution >= 0.6 is 0 Å². The van der Waals surface area contributed by atoms with Crippen LogP contribution in [0.4, 0.5) is 11.4 Å². The minimum Gasteiger partial charge on any atom is -0.311 e. The smallest absolute Gasteiger partial charge is 0.278 e. The Hall–Kier alpha value is -3.74. The quantitative estimate of drug-likeness (QED) is 0.657. The van der Waals surface area contributed by atoms with Crippen LogP contribution in [0.3, 0.4) is 0 Å². The van der Waals surface area contributed by atoms with Gasteiger partial charge < -0.3 is 9.80 Å². The molecule has 0 saturated carbocycles. The summed E-state index contributed by atoms with van der Waals surface area (Å²) in [6.07, 6.45) is 0.780. The fourth-order valence-electron chi connectivity index (χ4n) is 3.69. The maximum absolute atomic E-state index is 13.0. The van der Waals surface area contributed by atoms with E-state index in [9.17, 15) is 14.4 Å². The van der Waals surface area contributed by atoms with E-state index in [1.165, 1.54) is 12.1 Å². The summed E-state index contributed by atoms with van der Waals surface area (Å²) < 4.78 is 1.06. The Bertz CT molecular complexity index is 1140. The second-order valence-corrected chi connectivity index (χ2v) is 7.02. The molecule has 3 aromatic rings. The van der Waals surface area contributed by atoms with Crippen LogP contribution in [0, 0.1) is 0 Å². The number of carbonyl (C=O) groups excluding carboxylic acids is 2. The molecule has 0 saturated heterocycles. The first kappa shape index (κ1) is 19.6. The molecule has 7 nitrogen and oxygen atoms in total. The molecular formula is C23H22N4O3. The van der Waals surface area contributed by atoms with Crippen molar-refractivity contribution in [2.45, 2.75) is 19.9 Å². The summed E-state index contributed by atoms with van der Waals surface area (Å²) in [4.78, 5) is 41.4. The molecule has 0 unspecified atom stereocenters. The predicted octanol–water partition coefficient (Wildman–Crippen LogP) is 2.50. The van der Waals surface area contributed by atoms with Crippen LogP contribution in [0.2, 0.25) is 0 Å². The number of fused-ring (bicyclic) bond motifs is 1. The van der Waals surface area contributed by atoms with E-state index in [2.05, 4.69) is 5.10 Å². The molecule has 0 spiro atoms. The minimum absolute atomic E-state index is 0.141. The Morgan fingerprint density at radius 1 is 1.00 bits per heavy atom. The maximum atomic E-state index is 13.0. The molecular weight excluding hydrogens is 380 g/mol. The Morgan fingerprint density at radius 3 is 2.50 bits per heavy atom. The summed E-state index contributed by atoms with van der Waals surface area (Å²) in [5.74, 6) is -0.550. The van der Waals surface area contributed by atoms with Crippen molar-refractivity contribution in [3.8, 4) is 0 Å². The zero-order valence-corrected chi connectivity index (χ0v) is 16.7. The highest BCUT2D eigenvalue weighted by Gasteiger charge is 2.26. The van der Waals surface area contributed by atoms with E-state index in [1.54, 1.807) is 9.80 Å². The number of para-hydroxylation sites is 2. The highest BCUT2D eigenvalue weighted by Crippen LogP contribution is 2.28. The van der Waals surface area contributed by atoms with Crippen LogP contribution < -0.4 is 15.4 Å². The van der Waals surface area contributed by atoms with Crippen LogP contribution in [0.1, 0.15) is 23.0 Å². The number of benzene rings is 2. The van der Waals surface area contributed by atoms with Crippen molar-refractivity contribution < 1.29 is 9.59 Å². The third-order valence-electron chi connectivity index (χ3n) is 5.19. The maximum Gasteiger partial charge on any atom is 0.278 e. The Kier molecular flexibility index (Phi) is 5.43. The number of likely N-dealkylation sites (N-methyl/N-ethyl adjacent to an activating group) is 1. The van der Waals surface area contributed by atoms with Crippen molar-refractivity contribution in [2.24, 2.45) is 0 Å². The van der Waals surface area contributed by atoms with Crippen LogP contribution in [-0.4, -0.2) is 34.7 Å². The molecule has 0 fully saturated rings. The first-order valence-electron chi connectivity index (χ1n) is 9.92. The van der Waals surface area contributed by atoms with Crippen molar-refractivity contribution >= 4 is 23.2 Å². The van der Waals surface area contributed by atoms with Crippen LogP contribution in [-0.2, 0) is 17.8 Å². The van der Waals surface area contributed by atoms with Crippen LogP contribution in [0.25, 0.3) is 0 Å². The van der Waals surface area contributed by atoms with Gasteiger partial charge in [0.2, 0.25) is 5.91 Å². The molecule has 0 radical (unpaired) electrons. The average molecular weight is 402 g/mol. The summed E-state index contributed by atoms with van der Waals surface area (Å²) in [5.41, 5.74) is 2.43. The molecule has 4 rings (SSSR count). The summed E-state index contributed by atoms with van der Waals surface area (Å²) in [7, 11) is 0. The molecule has 1 aromatic heterocycles. The topological polar surface area (TPSA) is 75.5 Å². The van der Waals surface area contributed by atoms with E-state index >= 15 is 0 Å². The lowest BCUT2D eigenvalue weighted by atomic mass is 10.2. The zero-order valence-electron chi connectivity index (χ0n) is 16.7. The number of amides is 2. The highest BCUT2D eigenvalue weighted by atomic mass is 16.2. The number of aromatic nitrogens is 2. The molecule has 0 N–H and O–H groups in total. The number of rotatable bonds is 5. The van der Waals surface area contributed by atoms with Crippen LogP contribution in [0.15, 0.2) is 71.5 Å². The highest BCUT2D eigenvalue weighted by molar-refractivity contribution is 6.06. The van der Waals surface area contributed by atoms with Crippen molar-refractivity contribution in [2.75, 3.05) is 22.9 Å². The summed E-state index contributed by atoms with van der Waals surface area (Å²) in [6, 6.07) is 19.7. The Labute approximate surface area is 174 Å². The third-order valence-corrected chi connectivity index (χ3v) is 5.19. The normalized spacial score (nSPS) is 12.5. The molecule has 0 atom stereocenters. The van der Waals surface area contributed by atoms with Gasteiger partial charge in [-0.25, -0.2) is 4.68 Å². The number of hydrogen-bond acceptors (Lipinski definition) is 4. The van der Waals surface area contributed by atoms with Gasteiger partial charge in [-0.3, -0.25) is 14.4 Å². The van der Waals surface area contributed by atoms with Gasteiger partial charge in [0.05, 0.1) is 0 Å². The molecule has 7 heteroatoms. The monoisotopic (exact) mass is 402 g/mol. The molecule has 2 amide bonds. The standard InChI is InChI=1S/C23H22N4O3/c1-2-25(18-9-4-3-5-10-18)22(29)16-27-21(28)13-12-19(24-27)23(30)26-15-14-17-8-6-7-11-20(17)26/h3-13H,2,14-16H2,1H3.